The van der Waals surface area contributed by atoms with Crippen molar-refractivity contribution < 1.29 is 0 Å². The van der Waals surface area contributed by atoms with Crippen molar-refractivity contribution in [3.8, 4) is 0 Å². The first-order valence-corrected chi connectivity index (χ1v) is 9.29. The fraction of sp³-hybridized carbons (Fsp3) is 0.208. The summed E-state index contributed by atoms with van der Waals surface area (Å²) in [5.41, 5.74) is 6.17. The summed E-state index contributed by atoms with van der Waals surface area (Å²) in [6.07, 6.45) is 0.917. The molecule has 1 heterocycles. The molecule has 0 aliphatic carbocycles. The fourth-order valence-corrected chi connectivity index (χ4v) is 3.50. The molecule has 130 valence electrons. The number of rotatable bonds is 4. The van der Waals surface area contributed by atoms with Gasteiger partial charge in [-0.3, -0.25) is 5.01 Å². The highest BCUT2D eigenvalue weighted by Gasteiger charge is 2.29. The lowest BCUT2D eigenvalue weighted by Crippen LogP contribution is -2.18. The molecule has 0 N–H and O–H groups in total. The molecule has 0 saturated carbocycles. The zero-order valence-electron chi connectivity index (χ0n) is 15.3. The molecule has 1 aliphatic rings. The summed E-state index contributed by atoms with van der Waals surface area (Å²) in [5, 5.41) is 7.18. The highest BCUT2D eigenvalue weighted by molar-refractivity contribution is 6.03. The van der Waals surface area contributed by atoms with Crippen LogP contribution in [-0.2, 0) is 0 Å². The predicted molar refractivity (Wildman–Crippen MR) is 110 cm³/mol. The summed E-state index contributed by atoms with van der Waals surface area (Å²) in [7, 11) is 0. The molecule has 0 fully saturated rings. The monoisotopic (exact) mass is 340 g/mol. The molecule has 3 aromatic rings. The smallest absolute Gasteiger partial charge is 0.0831 e. The molecule has 1 unspecified atom stereocenters. The quantitative estimate of drug-likeness (QED) is 0.555. The Hall–Kier alpha value is -2.87. The van der Waals surface area contributed by atoms with E-state index in [0.29, 0.717) is 5.92 Å². The van der Waals surface area contributed by atoms with Crippen molar-refractivity contribution in [3.63, 3.8) is 0 Å². The molecule has 3 aromatic carbocycles. The third kappa shape index (κ3) is 3.28. The summed E-state index contributed by atoms with van der Waals surface area (Å²) in [6.45, 7) is 4.45. The third-order valence-corrected chi connectivity index (χ3v) is 5.03. The van der Waals surface area contributed by atoms with Crippen LogP contribution >= 0.6 is 0 Å². The van der Waals surface area contributed by atoms with E-state index < -0.39 is 0 Å². The second-order valence-electron chi connectivity index (χ2n) is 7.13. The van der Waals surface area contributed by atoms with Crippen LogP contribution in [0.5, 0.6) is 0 Å². The predicted octanol–water partition coefficient (Wildman–Crippen LogP) is 6.17. The number of hydrazone groups is 1. The molecule has 26 heavy (non-hydrogen) atoms. The maximum Gasteiger partial charge on any atom is 0.0831 e. The summed E-state index contributed by atoms with van der Waals surface area (Å²) >= 11 is 0. The van der Waals surface area contributed by atoms with E-state index in [0.717, 1.165) is 17.8 Å². The van der Waals surface area contributed by atoms with Crippen molar-refractivity contribution in [2.45, 2.75) is 32.2 Å². The molecule has 0 amide bonds. The van der Waals surface area contributed by atoms with Gasteiger partial charge in [-0.1, -0.05) is 86.6 Å². The standard InChI is InChI=1S/C24H24N2/c1-18(2)19-13-15-20(16-14-19)23-17-24(21-9-5-3-6-10-21)26(25-23)22-11-7-4-8-12-22/h3-16,18,24H,17H2,1-2H3. The van der Waals surface area contributed by atoms with E-state index in [-0.39, 0.29) is 6.04 Å². The molecular weight excluding hydrogens is 316 g/mol. The van der Waals surface area contributed by atoms with Crippen LogP contribution in [-0.4, -0.2) is 5.71 Å². The lowest BCUT2D eigenvalue weighted by atomic mass is 9.96. The molecule has 4 rings (SSSR count). The molecule has 0 aromatic heterocycles. The van der Waals surface area contributed by atoms with Crippen LogP contribution in [0.4, 0.5) is 5.69 Å². The van der Waals surface area contributed by atoms with Gasteiger partial charge in [0.15, 0.2) is 0 Å². The van der Waals surface area contributed by atoms with Crippen LogP contribution in [0.3, 0.4) is 0 Å². The first-order valence-electron chi connectivity index (χ1n) is 9.29. The lowest BCUT2D eigenvalue weighted by molar-refractivity contribution is 0.709. The van der Waals surface area contributed by atoms with Gasteiger partial charge in [0, 0.05) is 6.42 Å². The van der Waals surface area contributed by atoms with E-state index in [1.165, 1.54) is 16.7 Å². The molecule has 1 aliphatic heterocycles. The van der Waals surface area contributed by atoms with E-state index in [1.807, 2.05) is 6.07 Å². The third-order valence-electron chi connectivity index (χ3n) is 5.03. The minimum atomic E-state index is 0.235. The number of hydrogen-bond acceptors (Lipinski definition) is 2. The summed E-state index contributed by atoms with van der Waals surface area (Å²) in [6, 6.07) is 30.2. The van der Waals surface area contributed by atoms with Gasteiger partial charge in [-0.2, -0.15) is 5.10 Å². The largest absolute Gasteiger partial charge is 0.257 e. The minimum absolute atomic E-state index is 0.235. The molecule has 2 heteroatoms. The van der Waals surface area contributed by atoms with Gasteiger partial charge in [0.2, 0.25) is 0 Å². The van der Waals surface area contributed by atoms with Crippen LogP contribution in [0.25, 0.3) is 0 Å². The summed E-state index contributed by atoms with van der Waals surface area (Å²) in [5.74, 6) is 0.549. The van der Waals surface area contributed by atoms with Crippen LogP contribution < -0.4 is 5.01 Å². The van der Waals surface area contributed by atoms with E-state index >= 15 is 0 Å². The fourth-order valence-electron chi connectivity index (χ4n) is 3.50. The van der Waals surface area contributed by atoms with Crippen molar-refractivity contribution in [3.05, 3.63) is 102 Å². The maximum atomic E-state index is 5.01. The Morgan fingerprint density at radius 2 is 1.42 bits per heavy atom. The van der Waals surface area contributed by atoms with E-state index in [9.17, 15) is 0 Å². The van der Waals surface area contributed by atoms with Crippen LogP contribution in [0, 0.1) is 0 Å². The zero-order chi connectivity index (χ0) is 17.9. The van der Waals surface area contributed by atoms with Gasteiger partial charge in [-0.05, 0) is 34.7 Å². The molecule has 0 spiro atoms. The molecule has 0 saturated heterocycles. The Kier molecular flexibility index (Phi) is 4.57. The number of nitrogens with zero attached hydrogens (tertiary/aromatic N) is 2. The lowest BCUT2D eigenvalue weighted by Gasteiger charge is -2.23. The summed E-state index contributed by atoms with van der Waals surface area (Å²) < 4.78 is 0. The second kappa shape index (κ2) is 7.17. The normalized spacial score (nSPS) is 16.8. The summed E-state index contributed by atoms with van der Waals surface area (Å²) in [4.78, 5) is 0. The number of anilines is 1. The van der Waals surface area contributed by atoms with Crippen molar-refractivity contribution in [1.82, 2.24) is 0 Å². The first kappa shape index (κ1) is 16.6. The van der Waals surface area contributed by atoms with Gasteiger partial charge < -0.3 is 0 Å². The van der Waals surface area contributed by atoms with Gasteiger partial charge in [-0.15, -0.1) is 0 Å². The SMILES string of the molecule is CC(C)c1ccc(C2=NN(c3ccccc3)C(c3ccccc3)C2)cc1. The van der Waals surface area contributed by atoms with Crippen molar-refractivity contribution in [1.29, 1.82) is 0 Å². The Bertz CT molecular complexity index is 881. The molecule has 2 nitrogen and oxygen atoms in total. The van der Waals surface area contributed by atoms with Crippen molar-refractivity contribution >= 4 is 11.4 Å². The highest BCUT2D eigenvalue weighted by atomic mass is 15.5. The molecule has 0 bridgehead atoms. The van der Waals surface area contributed by atoms with Gasteiger partial charge in [-0.25, -0.2) is 0 Å². The Labute approximate surface area is 155 Å². The van der Waals surface area contributed by atoms with Gasteiger partial charge in [0.1, 0.15) is 0 Å². The van der Waals surface area contributed by atoms with Crippen molar-refractivity contribution in [2.24, 2.45) is 5.10 Å². The topological polar surface area (TPSA) is 15.6 Å². The van der Waals surface area contributed by atoms with Gasteiger partial charge in [0.05, 0.1) is 17.4 Å². The van der Waals surface area contributed by atoms with E-state index in [4.69, 9.17) is 5.10 Å². The Morgan fingerprint density at radius 1 is 0.808 bits per heavy atom. The van der Waals surface area contributed by atoms with E-state index in [2.05, 4.69) is 97.7 Å². The molecule has 0 radical (unpaired) electrons. The van der Waals surface area contributed by atoms with Gasteiger partial charge >= 0.3 is 0 Å². The number of benzene rings is 3. The highest BCUT2D eigenvalue weighted by Crippen LogP contribution is 2.36. The van der Waals surface area contributed by atoms with Crippen LogP contribution in [0.1, 0.15) is 48.9 Å². The van der Waals surface area contributed by atoms with Crippen LogP contribution in [0.2, 0.25) is 0 Å². The average molecular weight is 340 g/mol. The zero-order valence-corrected chi connectivity index (χ0v) is 15.3. The Morgan fingerprint density at radius 3 is 2.04 bits per heavy atom. The average Bonchev–Trinajstić information content (AvgIpc) is 3.15. The minimum Gasteiger partial charge on any atom is -0.257 e. The number of para-hydroxylation sites is 1. The number of hydrogen-bond donors (Lipinski definition) is 0. The first-order chi connectivity index (χ1) is 12.7. The van der Waals surface area contributed by atoms with Crippen molar-refractivity contribution in [2.75, 3.05) is 5.01 Å². The van der Waals surface area contributed by atoms with Gasteiger partial charge in [0.25, 0.3) is 0 Å². The molecule has 1 atom stereocenters. The maximum absolute atomic E-state index is 5.01. The van der Waals surface area contributed by atoms with E-state index in [1.54, 1.807) is 0 Å². The molecular formula is C24H24N2. The Balaban J connectivity index is 1.70. The second-order valence-corrected chi connectivity index (χ2v) is 7.13. The van der Waals surface area contributed by atoms with Crippen LogP contribution in [0.15, 0.2) is 90.0 Å².